The van der Waals surface area contributed by atoms with Crippen LogP contribution in [0.4, 0.5) is 0 Å². The molecule has 10 amide bonds. The van der Waals surface area contributed by atoms with E-state index in [0.29, 0.717) is 54.7 Å². The van der Waals surface area contributed by atoms with E-state index < -0.39 is 108 Å². The number of phenolic OH excluding ortho intramolecular Hbond substituents is 1. The lowest BCUT2D eigenvalue weighted by molar-refractivity contribution is -0.145. The van der Waals surface area contributed by atoms with Crippen LogP contribution in [0.25, 0.3) is 10.9 Å². The lowest BCUT2D eigenvalue weighted by Crippen LogP contribution is -2.61. The minimum Gasteiger partial charge on any atom is -0.508 e. The van der Waals surface area contributed by atoms with Gasteiger partial charge >= 0.3 is 0 Å². The molecule has 6 rings (SSSR count). The molecule has 28 nitrogen and oxygen atoms in total. The van der Waals surface area contributed by atoms with Crippen LogP contribution in [-0.2, 0) is 67.2 Å². The third-order valence-electron chi connectivity index (χ3n) is 15.6. The Bertz CT molecular complexity index is 3110. The van der Waals surface area contributed by atoms with Crippen molar-refractivity contribution in [2.24, 2.45) is 28.3 Å². The number of amides is 10. The van der Waals surface area contributed by atoms with Gasteiger partial charge in [-0.1, -0.05) is 58.0 Å². The van der Waals surface area contributed by atoms with E-state index in [-0.39, 0.29) is 99.7 Å². The molecule has 16 N–H and O–H groups in total. The summed E-state index contributed by atoms with van der Waals surface area (Å²) in [4.78, 5) is 158. The van der Waals surface area contributed by atoms with E-state index in [2.05, 4.69) is 62.5 Å². The molecule has 2 fully saturated rings. The van der Waals surface area contributed by atoms with E-state index in [0.717, 1.165) is 5.52 Å². The van der Waals surface area contributed by atoms with Gasteiger partial charge in [0.1, 0.15) is 60.1 Å². The summed E-state index contributed by atoms with van der Waals surface area (Å²) < 4.78 is 0. The summed E-state index contributed by atoms with van der Waals surface area (Å²) in [5.74, 6) is -7.39. The fourth-order valence-electron chi connectivity index (χ4n) is 10.9. The standard InChI is InChI=1S/C61H88N16O12/c1-7-76(8-2)60(89)50-16-12-24-77(50)59(88)43(15-11-23-65-61(62)63)69-53(82)44(25-34(3)4)70-54(83)45(26-35(5)6)71-55(84)46(27-36-17-19-39(79)20-18-36)72-58(87)49(32-78)75-56(85)47(28-37-30-66-41-14-10-9-13-40(37)41)73-57(86)48(29-38-31-64-33-67-38)74-52(81)42-21-22-51(80)68-42/h9-10,13-14,17-20,30-31,33-35,42-50,66,78-79H,7-8,11-12,15-16,21-29,32H2,1-6H3,(H,64,67)(H,68,80)(H,69,82)(H,70,83)(H,71,84)(H,72,87)(H,73,86)(H,74,81)(H,75,85)(H4,62,63,65)/t42-,43-,44-,45+,46-,47-,48+,49-,50-/m0/s1. The first kappa shape index (κ1) is 69.0. The first-order valence-corrected chi connectivity index (χ1v) is 30.5. The number of aromatic amines is 2. The number of imidazole rings is 1. The topological polar surface area (TPSA) is 423 Å². The summed E-state index contributed by atoms with van der Waals surface area (Å²) in [5.41, 5.74) is 13.4. The van der Waals surface area contributed by atoms with Gasteiger partial charge < -0.3 is 84.0 Å². The third-order valence-corrected chi connectivity index (χ3v) is 15.6. The van der Waals surface area contributed by atoms with Gasteiger partial charge in [-0.3, -0.25) is 52.9 Å². The number of carbonyl (C=O) groups excluding carboxylic acids is 10. The zero-order valence-corrected chi connectivity index (χ0v) is 51.4. The van der Waals surface area contributed by atoms with Gasteiger partial charge in [0.05, 0.1) is 12.9 Å². The van der Waals surface area contributed by atoms with E-state index in [1.54, 1.807) is 23.2 Å². The van der Waals surface area contributed by atoms with Crippen molar-refractivity contribution in [3.05, 3.63) is 84.1 Å². The number of likely N-dealkylation sites (tertiary alicyclic amines) is 1. The second-order valence-corrected chi connectivity index (χ2v) is 23.4. The Morgan fingerprint density at radius 2 is 1.27 bits per heavy atom. The van der Waals surface area contributed by atoms with Gasteiger partial charge in [-0.2, -0.15) is 0 Å². The second-order valence-electron chi connectivity index (χ2n) is 23.4. The highest BCUT2D eigenvalue weighted by Gasteiger charge is 2.41. The molecule has 0 spiro atoms. The maximum Gasteiger partial charge on any atom is 0.245 e. The van der Waals surface area contributed by atoms with Crippen LogP contribution < -0.4 is 54.0 Å². The number of carbonyl (C=O) groups is 10. The molecule has 0 bridgehead atoms. The lowest BCUT2D eigenvalue weighted by atomic mass is 9.98. The zero-order valence-electron chi connectivity index (χ0n) is 51.4. The van der Waals surface area contributed by atoms with Crippen LogP contribution >= 0.6 is 0 Å². The number of aliphatic hydroxyl groups is 1. The summed E-state index contributed by atoms with van der Waals surface area (Å²) in [6, 6.07) is 1.61. The van der Waals surface area contributed by atoms with Crippen molar-refractivity contribution in [1.82, 2.24) is 67.3 Å². The first-order chi connectivity index (χ1) is 42.5. The van der Waals surface area contributed by atoms with E-state index in [9.17, 15) is 58.2 Å². The highest BCUT2D eigenvalue weighted by Crippen LogP contribution is 2.23. The number of guanidine groups is 1. The number of H-pyrrole nitrogens is 2. The SMILES string of the molecule is CCN(CC)C(=O)[C@@H]1CCCN1C(=O)[C@H](CCCN=C(N)N)NC(=O)[C@H](CC(C)C)NC(=O)[C@@H](CC(C)C)NC(=O)[C@H](Cc1ccc(O)cc1)NC(=O)[C@H](CO)NC(=O)[C@H](Cc1c[nH]c2ccccc12)NC(=O)[C@@H](Cc1cnc[nH]1)NC(=O)[C@@H]1CCC(=O)N1. The van der Waals surface area contributed by atoms with Crippen molar-refractivity contribution >= 4 is 75.9 Å². The molecule has 0 aliphatic carbocycles. The van der Waals surface area contributed by atoms with Crippen LogP contribution in [0.3, 0.4) is 0 Å². The van der Waals surface area contributed by atoms with Crippen molar-refractivity contribution in [3.8, 4) is 5.75 Å². The first-order valence-electron chi connectivity index (χ1n) is 30.5. The number of benzene rings is 2. The number of nitrogens with zero attached hydrogens (tertiary/aromatic N) is 4. The molecule has 89 heavy (non-hydrogen) atoms. The number of nitrogens with two attached hydrogens (primary N) is 2. The molecule has 2 aliphatic heterocycles. The van der Waals surface area contributed by atoms with Gasteiger partial charge in [0.25, 0.3) is 0 Å². The molecule has 0 unspecified atom stereocenters. The number of rotatable bonds is 33. The number of hydrogen-bond donors (Lipinski definition) is 14. The van der Waals surface area contributed by atoms with Gasteiger partial charge in [0.15, 0.2) is 5.96 Å². The van der Waals surface area contributed by atoms with Crippen molar-refractivity contribution < 1.29 is 58.2 Å². The number of phenols is 1. The maximum atomic E-state index is 14.7. The summed E-state index contributed by atoms with van der Waals surface area (Å²) in [5, 5.41) is 43.2. The monoisotopic (exact) mass is 1240 g/mol. The third kappa shape index (κ3) is 20.2. The summed E-state index contributed by atoms with van der Waals surface area (Å²) >= 11 is 0. The normalized spacial score (nSPS) is 17.0. The molecular formula is C61H88N16O12. The van der Waals surface area contributed by atoms with Crippen LogP contribution in [0.5, 0.6) is 5.75 Å². The number of aliphatic imine (C=N–C) groups is 1. The molecule has 2 aliphatic rings. The predicted molar refractivity (Wildman–Crippen MR) is 329 cm³/mol. The van der Waals surface area contributed by atoms with E-state index in [1.807, 2.05) is 53.7 Å². The number of likely N-dealkylation sites (N-methyl/N-ethyl adjacent to an activating group) is 1. The molecular weight excluding hydrogens is 1150 g/mol. The molecule has 484 valence electrons. The van der Waals surface area contributed by atoms with Crippen LogP contribution in [0.2, 0.25) is 0 Å². The van der Waals surface area contributed by atoms with Gasteiger partial charge in [-0.05, 0) is 100.0 Å². The zero-order chi connectivity index (χ0) is 64.9. The fourth-order valence-corrected chi connectivity index (χ4v) is 10.9. The van der Waals surface area contributed by atoms with Gasteiger partial charge in [-0.25, -0.2) is 4.98 Å². The molecule has 4 heterocycles. The van der Waals surface area contributed by atoms with Crippen LogP contribution in [0.1, 0.15) is 110 Å². The Balaban J connectivity index is 1.23. The number of aromatic hydroxyl groups is 1. The Labute approximate surface area is 517 Å². The second kappa shape index (κ2) is 33.3. The number of para-hydroxylation sites is 1. The van der Waals surface area contributed by atoms with Gasteiger partial charge in [-0.15, -0.1) is 0 Å². The number of aromatic nitrogens is 3. The summed E-state index contributed by atoms with van der Waals surface area (Å²) in [6.07, 6.45) is 5.85. The maximum absolute atomic E-state index is 14.7. The smallest absolute Gasteiger partial charge is 0.245 e. The molecule has 2 aromatic heterocycles. The van der Waals surface area contributed by atoms with E-state index in [4.69, 9.17) is 11.5 Å². The molecule has 9 atom stereocenters. The van der Waals surface area contributed by atoms with Crippen molar-refractivity contribution in [2.75, 3.05) is 32.8 Å². The van der Waals surface area contributed by atoms with Crippen LogP contribution in [-0.4, -0.2) is 187 Å². The van der Waals surface area contributed by atoms with E-state index in [1.165, 1.54) is 41.7 Å². The Morgan fingerprint density at radius 1 is 0.708 bits per heavy atom. The largest absolute Gasteiger partial charge is 0.508 e. The predicted octanol–water partition coefficient (Wildman–Crippen LogP) is -0.706. The summed E-state index contributed by atoms with van der Waals surface area (Å²) in [7, 11) is 0. The summed E-state index contributed by atoms with van der Waals surface area (Å²) in [6.45, 7) is 11.3. The Hall–Kier alpha value is -9.08. The van der Waals surface area contributed by atoms with Crippen molar-refractivity contribution in [1.29, 1.82) is 0 Å². The quantitative estimate of drug-likeness (QED) is 0.0159. The molecule has 0 saturated carbocycles. The van der Waals surface area contributed by atoms with Crippen molar-refractivity contribution in [3.63, 3.8) is 0 Å². The highest BCUT2D eigenvalue weighted by molar-refractivity contribution is 5.99. The molecule has 2 saturated heterocycles. The van der Waals surface area contributed by atoms with E-state index >= 15 is 0 Å². The van der Waals surface area contributed by atoms with Crippen LogP contribution in [0.15, 0.2) is 72.2 Å². The number of nitrogens with one attached hydrogen (secondary N) is 10. The van der Waals surface area contributed by atoms with Gasteiger partial charge in [0, 0.05) is 80.9 Å². The minimum atomic E-state index is -1.75. The molecule has 4 aromatic rings. The molecule has 28 heteroatoms. The average Bonchev–Trinajstić information content (AvgIpc) is 4.43. The number of fused-ring (bicyclic) bond motifs is 1. The number of hydrogen-bond acceptors (Lipinski definition) is 14. The van der Waals surface area contributed by atoms with Crippen molar-refractivity contribution in [2.45, 2.75) is 167 Å². The average molecular weight is 1240 g/mol. The van der Waals surface area contributed by atoms with Gasteiger partial charge in [0.2, 0.25) is 59.1 Å². The Kier molecular flexibility index (Phi) is 25.8. The Morgan fingerprint density at radius 3 is 1.83 bits per heavy atom. The fraction of sp³-hybridized carbons (Fsp3) is 0.541. The highest BCUT2D eigenvalue weighted by atomic mass is 16.3. The minimum absolute atomic E-state index is 0.0404. The molecule has 2 aromatic carbocycles. The molecule has 0 radical (unpaired) electrons. The van der Waals surface area contributed by atoms with Crippen LogP contribution in [0, 0.1) is 11.8 Å². The number of aliphatic hydroxyl groups excluding tert-OH is 1. The lowest BCUT2D eigenvalue weighted by Gasteiger charge is -2.32.